The summed E-state index contributed by atoms with van der Waals surface area (Å²) < 4.78 is 12.1. The van der Waals surface area contributed by atoms with Gasteiger partial charge >= 0.3 is 0 Å². The Morgan fingerprint density at radius 3 is 2.41 bits per heavy atom. The van der Waals surface area contributed by atoms with Gasteiger partial charge in [0, 0.05) is 32.0 Å². The van der Waals surface area contributed by atoms with E-state index < -0.39 is 5.60 Å². The van der Waals surface area contributed by atoms with Gasteiger partial charge in [0.05, 0.1) is 12.0 Å². The van der Waals surface area contributed by atoms with Crippen molar-refractivity contribution in [3.8, 4) is 11.5 Å². The maximum absolute atomic E-state index is 12.7. The van der Waals surface area contributed by atoms with E-state index in [2.05, 4.69) is 0 Å². The first kappa shape index (κ1) is 22.0. The fraction of sp³-hybridized carbons (Fsp3) is 0.241. The monoisotopic (exact) mass is 453 g/mol. The fourth-order valence-corrected chi connectivity index (χ4v) is 4.55. The number of likely N-dealkylation sites (tertiary alicyclic amines) is 1. The lowest BCUT2D eigenvalue weighted by molar-refractivity contribution is -0.129. The molecule has 172 valence electrons. The third kappa shape index (κ3) is 4.88. The minimum absolute atomic E-state index is 0.0261. The third-order valence-corrected chi connectivity index (χ3v) is 6.53. The molecule has 0 radical (unpaired) electrons. The van der Waals surface area contributed by atoms with E-state index >= 15 is 0 Å². The summed E-state index contributed by atoms with van der Waals surface area (Å²) in [5, 5.41) is 0. The Hall–Kier alpha value is -3.86. The van der Waals surface area contributed by atoms with Crippen molar-refractivity contribution in [1.29, 1.82) is 0 Å². The first-order valence-corrected chi connectivity index (χ1v) is 11.7. The summed E-state index contributed by atoms with van der Waals surface area (Å²) in [6, 6.07) is 25.1. The summed E-state index contributed by atoms with van der Waals surface area (Å²) in [7, 11) is 0. The Balaban J connectivity index is 1.14. The standard InChI is InChI=1S/C29H27NO4/c31-26-20-29(34-27-9-5-4-8-25(26)27)16-18-30(19-17-29)28(32)15-12-22-10-13-24(14-11-22)33-21-23-6-2-1-3-7-23/h1-15H,16-21H2/b15-12+. The van der Waals surface area contributed by atoms with Gasteiger partial charge < -0.3 is 14.4 Å². The van der Waals surface area contributed by atoms with Gasteiger partial charge in [-0.25, -0.2) is 0 Å². The van der Waals surface area contributed by atoms with Crippen LogP contribution in [0.25, 0.3) is 6.08 Å². The molecule has 3 aromatic carbocycles. The van der Waals surface area contributed by atoms with Crippen molar-refractivity contribution in [3.63, 3.8) is 0 Å². The Kier molecular flexibility index (Phi) is 6.17. The third-order valence-electron chi connectivity index (χ3n) is 6.53. The summed E-state index contributed by atoms with van der Waals surface area (Å²) in [5.41, 5.74) is 2.21. The predicted molar refractivity (Wildman–Crippen MR) is 131 cm³/mol. The molecule has 1 spiro atoms. The number of ketones is 1. The normalized spacial score (nSPS) is 16.8. The molecule has 34 heavy (non-hydrogen) atoms. The zero-order valence-corrected chi connectivity index (χ0v) is 19.0. The first-order valence-electron chi connectivity index (χ1n) is 11.7. The Bertz CT molecular complexity index is 1190. The Morgan fingerprint density at radius 1 is 0.941 bits per heavy atom. The number of para-hydroxylation sites is 1. The molecule has 1 amide bonds. The van der Waals surface area contributed by atoms with E-state index in [0.717, 1.165) is 16.9 Å². The van der Waals surface area contributed by atoms with Crippen molar-refractivity contribution in [1.82, 2.24) is 4.90 Å². The minimum atomic E-state index is -0.499. The van der Waals surface area contributed by atoms with E-state index in [1.165, 1.54) is 0 Å². The number of hydrogen-bond donors (Lipinski definition) is 0. The van der Waals surface area contributed by atoms with Crippen molar-refractivity contribution in [2.75, 3.05) is 13.1 Å². The number of benzene rings is 3. The molecule has 0 unspecified atom stereocenters. The van der Waals surface area contributed by atoms with Crippen LogP contribution in [0.3, 0.4) is 0 Å². The van der Waals surface area contributed by atoms with Crippen LogP contribution in [-0.2, 0) is 11.4 Å². The number of carbonyl (C=O) groups excluding carboxylic acids is 2. The number of ether oxygens (including phenoxy) is 2. The van der Waals surface area contributed by atoms with Gasteiger partial charge in [0.1, 0.15) is 23.7 Å². The van der Waals surface area contributed by atoms with Crippen molar-refractivity contribution < 1.29 is 19.1 Å². The average Bonchev–Trinajstić information content (AvgIpc) is 2.88. The number of nitrogens with zero attached hydrogens (tertiary/aromatic N) is 1. The molecule has 0 atom stereocenters. The van der Waals surface area contributed by atoms with Crippen LogP contribution in [0.5, 0.6) is 11.5 Å². The lowest BCUT2D eigenvalue weighted by atomic mass is 9.82. The average molecular weight is 454 g/mol. The topological polar surface area (TPSA) is 55.8 Å². The van der Waals surface area contributed by atoms with Gasteiger partial charge in [-0.1, -0.05) is 54.6 Å². The number of amides is 1. The lowest BCUT2D eigenvalue weighted by Crippen LogP contribution is -2.52. The molecule has 2 heterocycles. The second-order valence-electron chi connectivity index (χ2n) is 8.88. The number of rotatable bonds is 5. The van der Waals surface area contributed by atoms with Gasteiger partial charge in [0.2, 0.25) is 5.91 Å². The second kappa shape index (κ2) is 9.56. The first-order chi connectivity index (χ1) is 16.6. The molecule has 5 heteroatoms. The van der Waals surface area contributed by atoms with Gasteiger partial charge in [-0.3, -0.25) is 9.59 Å². The molecule has 1 fully saturated rings. The number of Topliss-reactive ketones (excluding diaryl/α,β-unsaturated/α-hetero) is 1. The number of piperidine rings is 1. The van der Waals surface area contributed by atoms with Crippen molar-refractivity contribution in [2.24, 2.45) is 0 Å². The van der Waals surface area contributed by atoms with Gasteiger partial charge in [-0.05, 0) is 41.5 Å². The van der Waals surface area contributed by atoms with Gasteiger partial charge in [0.25, 0.3) is 0 Å². The van der Waals surface area contributed by atoms with Crippen LogP contribution in [0.1, 0.15) is 40.7 Å². The molecule has 3 aromatic rings. The van der Waals surface area contributed by atoms with E-state index in [1.807, 2.05) is 89.8 Å². The van der Waals surface area contributed by atoms with Crippen LogP contribution >= 0.6 is 0 Å². The van der Waals surface area contributed by atoms with Crippen LogP contribution < -0.4 is 9.47 Å². The molecule has 0 bridgehead atoms. The molecular formula is C29H27NO4. The van der Waals surface area contributed by atoms with Crippen molar-refractivity contribution in [3.05, 3.63) is 102 Å². The quantitative estimate of drug-likeness (QED) is 0.492. The van der Waals surface area contributed by atoms with Crippen LogP contribution in [0, 0.1) is 0 Å². The molecule has 5 nitrogen and oxygen atoms in total. The highest BCUT2D eigenvalue weighted by atomic mass is 16.5. The van der Waals surface area contributed by atoms with E-state index in [1.54, 1.807) is 6.08 Å². The second-order valence-corrected chi connectivity index (χ2v) is 8.88. The highest BCUT2D eigenvalue weighted by Gasteiger charge is 2.43. The number of fused-ring (bicyclic) bond motifs is 1. The molecule has 0 saturated carbocycles. The van der Waals surface area contributed by atoms with Crippen molar-refractivity contribution in [2.45, 2.75) is 31.5 Å². The smallest absolute Gasteiger partial charge is 0.246 e. The molecule has 2 aliphatic heterocycles. The molecule has 0 aromatic heterocycles. The highest BCUT2D eigenvalue weighted by Crippen LogP contribution is 2.39. The van der Waals surface area contributed by atoms with Gasteiger partial charge in [0.15, 0.2) is 5.78 Å². The van der Waals surface area contributed by atoms with Crippen LogP contribution in [0.4, 0.5) is 0 Å². The predicted octanol–water partition coefficient (Wildman–Crippen LogP) is 5.31. The maximum atomic E-state index is 12.7. The van der Waals surface area contributed by atoms with Crippen LogP contribution in [0.15, 0.2) is 84.9 Å². The lowest BCUT2D eigenvalue weighted by Gasteiger charge is -2.43. The summed E-state index contributed by atoms with van der Waals surface area (Å²) in [6.07, 6.45) is 5.12. The summed E-state index contributed by atoms with van der Waals surface area (Å²) in [4.78, 5) is 27.2. The van der Waals surface area contributed by atoms with Gasteiger partial charge in [-0.15, -0.1) is 0 Å². The molecule has 5 rings (SSSR count). The highest BCUT2D eigenvalue weighted by molar-refractivity contribution is 6.00. The van der Waals surface area contributed by atoms with Crippen LogP contribution in [0.2, 0.25) is 0 Å². The maximum Gasteiger partial charge on any atom is 0.246 e. The summed E-state index contributed by atoms with van der Waals surface area (Å²) in [5.74, 6) is 1.55. The fourth-order valence-electron chi connectivity index (χ4n) is 4.55. The summed E-state index contributed by atoms with van der Waals surface area (Å²) in [6.45, 7) is 1.67. The number of carbonyl (C=O) groups is 2. The van der Waals surface area contributed by atoms with E-state index in [9.17, 15) is 9.59 Å². The minimum Gasteiger partial charge on any atom is -0.489 e. The van der Waals surface area contributed by atoms with E-state index in [-0.39, 0.29) is 11.7 Å². The van der Waals surface area contributed by atoms with E-state index in [0.29, 0.717) is 50.3 Å². The molecule has 1 saturated heterocycles. The SMILES string of the molecule is O=C1CC2(CCN(C(=O)/C=C/c3ccc(OCc4ccccc4)cc3)CC2)Oc2ccccc21. The van der Waals surface area contributed by atoms with Crippen LogP contribution in [-0.4, -0.2) is 35.3 Å². The van der Waals surface area contributed by atoms with E-state index in [4.69, 9.17) is 9.47 Å². The molecule has 0 N–H and O–H groups in total. The molecule has 2 aliphatic rings. The molecular weight excluding hydrogens is 426 g/mol. The zero-order chi connectivity index (χ0) is 23.4. The van der Waals surface area contributed by atoms with Crippen molar-refractivity contribution >= 4 is 17.8 Å². The molecule has 0 aliphatic carbocycles. The Labute approximate surface area is 199 Å². The largest absolute Gasteiger partial charge is 0.489 e. The number of hydrogen-bond acceptors (Lipinski definition) is 4. The summed E-state index contributed by atoms with van der Waals surface area (Å²) >= 11 is 0. The van der Waals surface area contributed by atoms with Gasteiger partial charge in [-0.2, -0.15) is 0 Å². The Morgan fingerprint density at radius 2 is 1.65 bits per heavy atom. The zero-order valence-electron chi connectivity index (χ0n) is 19.0.